The van der Waals surface area contributed by atoms with Gasteiger partial charge in [-0.15, -0.1) is 11.3 Å². The lowest BCUT2D eigenvalue weighted by Gasteiger charge is -2.33. The van der Waals surface area contributed by atoms with Crippen LogP contribution in [0.5, 0.6) is 0 Å². The van der Waals surface area contributed by atoms with Crippen LogP contribution in [-0.4, -0.2) is 27.9 Å². The maximum absolute atomic E-state index is 13.6. The van der Waals surface area contributed by atoms with Gasteiger partial charge in [-0.05, 0) is 41.2 Å². The Labute approximate surface area is 154 Å². The third-order valence-corrected chi connectivity index (χ3v) is 5.55. The normalized spacial score (nSPS) is 20.3. The second kappa shape index (κ2) is 6.64. The Morgan fingerprint density at radius 1 is 1.52 bits per heavy atom. The van der Waals surface area contributed by atoms with E-state index in [0.29, 0.717) is 0 Å². The van der Waals surface area contributed by atoms with Crippen LogP contribution in [0.4, 0.5) is 19.0 Å². The summed E-state index contributed by atoms with van der Waals surface area (Å²) < 4.78 is 41.9. The van der Waals surface area contributed by atoms with Crippen molar-refractivity contribution in [3.63, 3.8) is 0 Å². The van der Waals surface area contributed by atoms with Crippen LogP contribution in [0.2, 0.25) is 0 Å². The summed E-state index contributed by atoms with van der Waals surface area (Å²) in [5.74, 6) is -0.347. The van der Waals surface area contributed by atoms with Gasteiger partial charge in [-0.2, -0.15) is 18.3 Å². The third kappa shape index (κ3) is 3.55. The van der Waals surface area contributed by atoms with Gasteiger partial charge in [0.15, 0.2) is 11.7 Å². The first kappa shape index (κ1) is 18.2. The van der Waals surface area contributed by atoms with Crippen LogP contribution in [-0.2, 0) is 0 Å². The van der Waals surface area contributed by atoms with Crippen LogP contribution in [0, 0.1) is 0 Å². The van der Waals surface area contributed by atoms with E-state index in [1.54, 1.807) is 26.0 Å². The zero-order valence-electron chi connectivity index (χ0n) is 13.4. The molecule has 1 aliphatic heterocycles. The van der Waals surface area contributed by atoms with E-state index in [1.807, 2.05) is 5.38 Å². The fourth-order valence-electron chi connectivity index (χ4n) is 2.74. The number of amides is 1. The molecule has 0 bridgehead atoms. The number of anilines is 1. The van der Waals surface area contributed by atoms with Crippen molar-refractivity contribution in [3.05, 3.63) is 32.6 Å². The van der Waals surface area contributed by atoms with Gasteiger partial charge >= 0.3 is 6.18 Å². The molecule has 10 heteroatoms. The molecule has 0 aromatic carbocycles. The number of hydrogen-bond acceptors (Lipinski definition) is 4. The van der Waals surface area contributed by atoms with Crippen LogP contribution in [0.1, 0.15) is 47.7 Å². The minimum atomic E-state index is -4.47. The number of alkyl halides is 3. The average Bonchev–Trinajstić information content (AvgIpc) is 3.13. The van der Waals surface area contributed by atoms with E-state index in [4.69, 9.17) is 0 Å². The predicted octanol–water partition coefficient (Wildman–Crippen LogP) is 4.51. The average molecular weight is 437 g/mol. The van der Waals surface area contributed by atoms with Crippen LogP contribution < -0.4 is 10.6 Å². The largest absolute Gasteiger partial charge is 0.410 e. The molecule has 25 heavy (non-hydrogen) atoms. The van der Waals surface area contributed by atoms with E-state index in [0.717, 1.165) is 9.56 Å². The Bertz CT molecular complexity index is 773. The number of rotatable bonds is 3. The number of carbonyl (C=O) groups excluding carboxylic acids is 1. The minimum absolute atomic E-state index is 0.0581. The van der Waals surface area contributed by atoms with E-state index in [2.05, 4.69) is 31.7 Å². The molecule has 0 aliphatic carbocycles. The summed E-state index contributed by atoms with van der Waals surface area (Å²) in [6.45, 7) is 3.54. The molecule has 0 saturated heterocycles. The Morgan fingerprint density at radius 3 is 2.80 bits per heavy atom. The fraction of sp³-hybridized carbons (Fsp3) is 0.467. The molecule has 1 amide bonds. The highest BCUT2D eigenvalue weighted by Gasteiger charge is 2.47. The molecule has 0 fully saturated rings. The Kier molecular flexibility index (Phi) is 4.84. The number of nitrogens with one attached hydrogen (secondary N) is 2. The monoisotopic (exact) mass is 436 g/mol. The summed E-state index contributed by atoms with van der Waals surface area (Å²) in [6, 6.07) is 1.15. The quantitative estimate of drug-likeness (QED) is 0.744. The van der Waals surface area contributed by atoms with Gasteiger partial charge in [0.1, 0.15) is 5.82 Å². The molecule has 136 valence electrons. The van der Waals surface area contributed by atoms with Crippen LogP contribution >= 0.6 is 27.3 Å². The van der Waals surface area contributed by atoms with Crippen LogP contribution in [0.25, 0.3) is 0 Å². The molecule has 2 aromatic rings. The van der Waals surface area contributed by atoms with Crippen molar-refractivity contribution < 1.29 is 18.0 Å². The molecule has 0 radical (unpaired) electrons. The standard InChI is InChI=1S/C15H16BrF3N4OS/c1-7(2)20-14(24)12-11(16)13-21-8(9-4-3-5-25-9)6-10(15(17,18)19)23(13)22-12/h3-5,7-8,10,21H,6H2,1-2H3,(H,20,24)/t8-,10+/m0/s1. The number of aromatic nitrogens is 2. The van der Waals surface area contributed by atoms with Crippen molar-refractivity contribution in [1.82, 2.24) is 15.1 Å². The summed E-state index contributed by atoms with van der Waals surface area (Å²) in [7, 11) is 0. The summed E-state index contributed by atoms with van der Waals surface area (Å²) >= 11 is 4.63. The molecule has 3 heterocycles. The first-order chi connectivity index (χ1) is 11.7. The summed E-state index contributed by atoms with van der Waals surface area (Å²) in [5, 5.41) is 11.5. The molecular formula is C15H16BrF3N4OS. The number of fused-ring (bicyclic) bond motifs is 1. The van der Waals surface area contributed by atoms with Gasteiger partial charge in [-0.3, -0.25) is 4.79 Å². The van der Waals surface area contributed by atoms with Crippen molar-refractivity contribution in [3.8, 4) is 0 Å². The van der Waals surface area contributed by atoms with Gasteiger partial charge < -0.3 is 10.6 Å². The van der Waals surface area contributed by atoms with E-state index in [9.17, 15) is 18.0 Å². The van der Waals surface area contributed by atoms with E-state index < -0.39 is 24.2 Å². The molecule has 0 unspecified atom stereocenters. The maximum Gasteiger partial charge on any atom is 0.410 e. The molecule has 2 aromatic heterocycles. The lowest BCUT2D eigenvalue weighted by atomic mass is 10.0. The van der Waals surface area contributed by atoms with Crippen molar-refractivity contribution in [2.45, 2.75) is 44.6 Å². The number of thiophene rings is 1. The SMILES string of the molecule is CC(C)NC(=O)c1nn2c(c1Br)N[C@H](c1cccs1)C[C@@H]2C(F)(F)F. The van der Waals surface area contributed by atoms with Crippen molar-refractivity contribution >= 4 is 39.0 Å². The Balaban J connectivity index is 2.03. The predicted molar refractivity (Wildman–Crippen MR) is 92.9 cm³/mol. The zero-order chi connectivity index (χ0) is 18.4. The number of nitrogens with zero attached hydrogens (tertiary/aromatic N) is 2. The zero-order valence-corrected chi connectivity index (χ0v) is 15.8. The van der Waals surface area contributed by atoms with Crippen LogP contribution in [0.15, 0.2) is 22.0 Å². The van der Waals surface area contributed by atoms with Gasteiger partial charge in [-0.25, -0.2) is 4.68 Å². The molecule has 3 rings (SSSR count). The lowest BCUT2D eigenvalue weighted by Crippen LogP contribution is -2.35. The minimum Gasteiger partial charge on any atom is -0.362 e. The molecule has 0 spiro atoms. The van der Waals surface area contributed by atoms with Gasteiger partial charge in [0.25, 0.3) is 5.91 Å². The highest BCUT2D eigenvalue weighted by molar-refractivity contribution is 9.10. The third-order valence-electron chi connectivity index (χ3n) is 3.82. The summed E-state index contributed by atoms with van der Waals surface area (Å²) in [6.07, 6.45) is -4.65. The molecule has 2 atom stereocenters. The number of hydrogen-bond donors (Lipinski definition) is 2. The first-order valence-corrected chi connectivity index (χ1v) is 9.31. The van der Waals surface area contributed by atoms with Crippen molar-refractivity contribution in [2.24, 2.45) is 0 Å². The van der Waals surface area contributed by atoms with E-state index >= 15 is 0 Å². The second-order valence-corrected chi connectivity index (χ2v) is 7.86. The fourth-order valence-corrected chi connectivity index (χ4v) is 4.09. The van der Waals surface area contributed by atoms with Gasteiger partial charge in [0, 0.05) is 17.3 Å². The second-order valence-electron chi connectivity index (χ2n) is 6.09. The lowest BCUT2D eigenvalue weighted by molar-refractivity contribution is -0.173. The molecular weight excluding hydrogens is 421 g/mol. The first-order valence-electron chi connectivity index (χ1n) is 7.64. The molecule has 2 N–H and O–H groups in total. The van der Waals surface area contributed by atoms with Gasteiger partial charge in [0.2, 0.25) is 0 Å². The maximum atomic E-state index is 13.6. The van der Waals surface area contributed by atoms with Crippen molar-refractivity contribution in [1.29, 1.82) is 0 Å². The smallest absolute Gasteiger partial charge is 0.362 e. The Morgan fingerprint density at radius 2 is 2.24 bits per heavy atom. The molecule has 1 aliphatic rings. The van der Waals surface area contributed by atoms with Gasteiger partial charge in [-0.1, -0.05) is 6.07 Å². The number of halogens is 4. The van der Waals surface area contributed by atoms with Crippen LogP contribution in [0.3, 0.4) is 0 Å². The highest BCUT2D eigenvalue weighted by atomic mass is 79.9. The Hall–Kier alpha value is -1.55. The van der Waals surface area contributed by atoms with Gasteiger partial charge in [0.05, 0.1) is 10.5 Å². The number of carbonyl (C=O) groups is 1. The summed E-state index contributed by atoms with van der Waals surface area (Å²) in [5.41, 5.74) is -0.0581. The van der Waals surface area contributed by atoms with Crippen molar-refractivity contribution in [2.75, 3.05) is 5.32 Å². The highest BCUT2D eigenvalue weighted by Crippen LogP contribution is 2.46. The molecule has 0 saturated carbocycles. The van der Waals surface area contributed by atoms with E-state index in [1.165, 1.54) is 11.3 Å². The topological polar surface area (TPSA) is 59.0 Å². The van der Waals surface area contributed by atoms with E-state index in [-0.39, 0.29) is 28.4 Å². The summed E-state index contributed by atoms with van der Waals surface area (Å²) in [4.78, 5) is 13.0. The molecule has 5 nitrogen and oxygen atoms in total.